The lowest BCUT2D eigenvalue weighted by Gasteiger charge is -2.21. The van der Waals surface area contributed by atoms with Crippen molar-refractivity contribution in [1.82, 2.24) is 0 Å². The Bertz CT molecular complexity index is 398. The van der Waals surface area contributed by atoms with Crippen molar-refractivity contribution >= 4 is 0 Å². The van der Waals surface area contributed by atoms with Gasteiger partial charge in [0.15, 0.2) is 11.5 Å². The van der Waals surface area contributed by atoms with Crippen molar-refractivity contribution < 1.29 is 19.3 Å². The molecule has 0 spiro atoms. The van der Waals surface area contributed by atoms with E-state index >= 15 is 0 Å². The predicted molar refractivity (Wildman–Crippen MR) is 68.1 cm³/mol. The lowest BCUT2D eigenvalue weighted by molar-refractivity contribution is 0.151. The number of rotatable bonds is 6. The Morgan fingerprint density at radius 3 is 2.00 bits per heavy atom. The standard InChI is InChI=1S/C12H20N2O4/c1-16-9-5-11(18-3)10(17-2)4-7(9)12(14)8(15)6-13/h4-5,8,12,15H,6,13-14H2,1-3H3. The van der Waals surface area contributed by atoms with E-state index in [9.17, 15) is 5.11 Å². The van der Waals surface area contributed by atoms with E-state index in [0.717, 1.165) is 0 Å². The first-order chi connectivity index (χ1) is 8.58. The van der Waals surface area contributed by atoms with E-state index in [1.807, 2.05) is 0 Å². The molecule has 0 bridgehead atoms. The maximum absolute atomic E-state index is 9.71. The molecule has 0 saturated heterocycles. The average Bonchev–Trinajstić information content (AvgIpc) is 2.43. The summed E-state index contributed by atoms with van der Waals surface area (Å²) in [6.07, 6.45) is -0.850. The van der Waals surface area contributed by atoms with Crippen molar-refractivity contribution in [1.29, 1.82) is 0 Å². The molecule has 1 aromatic carbocycles. The van der Waals surface area contributed by atoms with Crippen molar-refractivity contribution in [3.8, 4) is 17.2 Å². The Kier molecular flexibility index (Phi) is 5.21. The molecule has 0 aliphatic carbocycles. The lowest BCUT2D eigenvalue weighted by atomic mass is 10.0. The lowest BCUT2D eigenvalue weighted by Crippen LogP contribution is -2.33. The average molecular weight is 256 g/mol. The van der Waals surface area contributed by atoms with E-state index in [1.165, 1.54) is 21.3 Å². The van der Waals surface area contributed by atoms with Crippen LogP contribution in [0.15, 0.2) is 12.1 Å². The fraction of sp³-hybridized carbons (Fsp3) is 0.500. The van der Waals surface area contributed by atoms with Crippen molar-refractivity contribution in [2.24, 2.45) is 11.5 Å². The summed E-state index contributed by atoms with van der Waals surface area (Å²) in [7, 11) is 4.58. The van der Waals surface area contributed by atoms with Gasteiger partial charge in [0, 0.05) is 18.2 Å². The summed E-state index contributed by atoms with van der Waals surface area (Å²) in [6.45, 7) is 0.0681. The zero-order valence-corrected chi connectivity index (χ0v) is 10.8. The van der Waals surface area contributed by atoms with E-state index in [2.05, 4.69) is 0 Å². The number of aliphatic hydroxyl groups is 1. The summed E-state index contributed by atoms with van der Waals surface area (Å²) in [5, 5.41) is 9.71. The fourth-order valence-corrected chi connectivity index (χ4v) is 1.67. The zero-order chi connectivity index (χ0) is 13.7. The molecule has 0 heterocycles. The number of nitrogens with two attached hydrogens (primary N) is 2. The van der Waals surface area contributed by atoms with Gasteiger partial charge in [0.1, 0.15) is 5.75 Å². The zero-order valence-electron chi connectivity index (χ0n) is 10.8. The smallest absolute Gasteiger partial charge is 0.164 e. The summed E-state index contributed by atoms with van der Waals surface area (Å²) >= 11 is 0. The van der Waals surface area contributed by atoms with Crippen LogP contribution in [0.1, 0.15) is 11.6 Å². The van der Waals surface area contributed by atoms with E-state index in [4.69, 9.17) is 25.7 Å². The Morgan fingerprint density at radius 1 is 1.06 bits per heavy atom. The molecule has 6 nitrogen and oxygen atoms in total. The van der Waals surface area contributed by atoms with Gasteiger partial charge in [-0.05, 0) is 6.07 Å². The molecular formula is C12H20N2O4. The van der Waals surface area contributed by atoms with E-state index in [0.29, 0.717) is 22.8 Å². The molecule has 1 aromatic rings. The van der Waals surface area contributed by atoms with Crippen molar-refractivity contribution in [2.75, 3.05) is 27.9 Å². The molecule has 1 rings (SSSR count). The molecule has 2 atom stereocenters. The molecule has 18 heavy (non-hydrogen) atoms. The fourth-order valence-electron chi connectivity index (χ4n) is 1.67. The van der Waals surface area contributed by atoms with Crippen LogP contribution in [0.4, 0.5) is 0 Å². The Labute approximate surface area is 106 Å². The predicted octanol–water partition coefficient (Wildman–Crippen LogP) is 0.0318. The van der Waals surface area contributed by atoms with Crippen molar-refractivity contribution in [3.05, 3.63) is 17.7 Å². The highest BCUT2D eigenvalue weighted by Gasteiger charge is 2.22. The SMILES string of the molecule is COc1cc(OC)c(C(N)C(O)CN)cc1OC. The van der Waals surface area contributed by atoms with Crippen LogP contribution >= 0.6 is 0 Å². The number of benzene rings is 1. The van der Waals surface area contributed by atoms with Gasteiger partial charge in [-0.2, -0.15) is 0 Å². The molecule has 0 aromatic heterocycles. The van der Waals surface area contributed by atoms with Gasteiger partial charge in [-0.3, -0.25) is 0 Å². The highest BCUT2D eigenvalue weighted by molar-refractivity contribution is 5.52. The molecule has 2 unspecified atom stereocenters. The van der Waals surface area contributed by atoms with E-state index < -0.39 is 12.1 Å². The highest BCUT2D eigenvalue weighted by Crippen LogP contribution is 2.37. The summed E-state index contributed by atoms with van der Waals surface area (Å²) < 4.78 is 15.6. The molecule has 0 aliphatic rings. The second-order valence-electron chi connectivity index (χ2n) is 3.78. The minimum absolute atomic E-state index is 0.0681. The number of aliphatic hydroxyl groups excluding tert-OH is 1. The normalized spacial score (nSPS) is 13.9. The number of hydrogen-bond acceptors (Lipinski definition) is 6. The number of methoxy groups -OCH3 is 3. The first-order valence-electron chi connectivity index (χ1n) is 5.52. The van der Waals surface area contributed by atoms with Gasteiger partial charge in [-0.25, -0.2) is 0 Å². The first kappa shape index (κ1) is 14.6. The molecule has 0 amide bonds. The van der Waals surface area contributed by atoms with Gasteiger partial charge >= 0.3 is 0 Å². The Morgan fingerprint density at radius 2 is 1.56 bits per heavy atom. The third kappa shape index (κ3) is 2.84. The van der Waals surface area contributed by atoms with Gasteiger partial charge in [0.2, 0.25) is 0 Å². The summed E-state index contributed by atoms with van der Waals surface area (Å²) in [5.41, 5.74) is 12.0. The summed E-state index contributed by atoms with van der Waals surface area (Å²) in [4.78, 5) is 0. The second kappa shape index (κ2) is 6.44. The third-order valence-corrected chi connectivity index (χ3v) is 2.75. The Hall–Kier alpha value is -1.50. The minimum atomic E-state index is -0.850. The van der Waals surface area contributed by atoms with Crippen LogP contribution in [0.2, 0.25) is 0 Å². The van der Waals surface area contributed by atoms with Crippen LogP contribution in [0.3, 0.4) is 0 Å². The molecule has 5 N–H and O–H groups in total. The van der Waals surface area contributed by atoms with Gasteiger partial charge in [-0.1, -0.05) is 0 Å². The summed E-state index contributed by atoms with van der Waals surface area (Å²) in [6, 6.07) is 2.70. The van der Waals surface area contributed by atoms with Crippen LogP contribution in [0.5, 0.6) is 17.2 Å². The minimum Gasteiger partial charge on any atom is -0.496 e. The summed E-state index contributed by atoms with van der Waals surface area (Å²) in [5.74, 6) is 1.58. The molecule has 0 fully saturated rings. The largest absolute Gasteiger partial charge is 0.496 e. The number of ether oxygens (including phenoxy) is 3. The van der Waals surface area contributed by atoms with Gasteiger partial charge in [0.05, 0.1) is 33.5 Å². The second-order valence-corrected chi connectivity index (χ2v) is 3.78. The molecular weight excluding hydrogens is 236 g/mol. The monoisotopic (exact) mass is 256 g/mol. The third-order valence-electron chi connectivity index (χ3n) is 2.75. The molecule has 102 valence electrons. The first-order valence-corrected chi connectivity index (χ1v) is 5.52. The maximum Gasteiger partial charge on any atom is 0.164 e. The molecule has 0 aliphatic heterocycles. The number of hydrogen-bond donors (Lipinski definition) is 3. The Balaban J connectivity index is 3.24. The maximum atomic E-state index is 9.71. The van der Waals surface area contributed by atoms with Crippen molar-refractivity contribution in [2.45, 2.75) is 12.1 Å². The van der Waals surface area contributed by atoms with Gasteiger partial charge < -0.3 is 30.8 Å². The molecule has 0 radical (unpaired) electrons. The van der Waals surface area contributed by atoms with Crippen LogP contribution in [0, 0.1) is 0 Å². The van der Waals surface area contributed by atoms with Crippen LogP contribution < -0.4 is 25.7 Å². The van der Waals surface area contributed by atoms with Crippen LogP contribution in [-0.2, 0) is 0 Å². The van der Waals surface area contributed by atoms with Crippen LogP contribution in [0.25, 0.3) is 0 Å². The quantitative estimate of drug-likeness (QED) is 0.664. The molecule has 0 saturated carbocycles. The van der Waals surface area contributed by atoms with Gasteiger partial charge in [-0.15, -0.1) is 0 Å². The topological polar surface area (TPSA) is 100.0 Å². The molecule has 6 heteroatoms. The van der Waals surface area contributed by atoms with Crippen molar-refractivity contribution in [3.63, 3.8) is 0 Å². The van der Waals surface area contributed by atoms with Crippen LogP contribution in [-0.4, -0.2) is 39.1 Å². The highest BCUT2D eigenvalue weighted by atomic mass is 16.5. The van der Waals surface area contributed by atoms with Gasteiger partial charge in [0.25, 0.3) is 0 Å². The van der Waals surface area contributed by atoms with E-state index in [-0.39, 0.29) is 6.54 Å². The van der Waals surface area contributed by atoms with E-state index in [1.54, 1.807) is 12.1 Å².